The van der Waals surface area contributed by atoms with Gasteiger partial charge in [-0.1, -0.05) is 66.7 Å². The maximum atomic E-state index is 11.9. The molecule has 0 unspecified atom stereocenters. The van der Waals surface area contributed by atoms with E-state index in [1.165, 1.54) is 0 Å². The van der Waals surface area contributed by atoms with E-state index in [4.69, 9.17) is 0 Å². The Morgan fingerprint density at radius 1 is 1.08 bits per heavy atom. The van der Waals surface area contributed by atoms with Crippen molar-refractivity contribution in [1.29, 1.82) is 5.26 Å². The molecule has 0 saturated carbocycles. The summed E-state index contributed by atoms with van der Waals surface area (Å²) in [6, 6.07) is 18.3. The van der Waals surface area contributed by atoms with Gasteiger partial charge in [-0.15, -0.1) is 0 Å². The molecule has 1 aliphatic heterocycles. The fraction of sp³-hybridized carbons (Fsp3) is 0.250. The molecule has 26 heavy (non-hydrogen) atoms. The van der Waals surface area contributed by atoms with Gasteiger partial charge in [0.15, 0.2) is 0 Å². The molecule has 2 aromatic rings. The Balaban J connectivity index is 1.80. The van der Waals surface area contributed by atoms with Crippen molar-refractivity contribution < 1.29 is 13.5 Å². The Bertz CT molecular complexity index is 931. The van der Waals surface area contributed by atoms with E-state index >= 15 is 0 Å². The molecule has 1 heterocycles. The summed E-state index contributed by atoms with van der Waals surface area (Å²) < 4.78 is 24.8. The first-order valence-electron chi connectivity index (χ1n) is 8.28. The van der Waals surface area contributed by atoms with Crippen LogP contribution in [0, 0.1) is 11.3 Å². The van der Waals surface area contributed by atoms with E-state index in [1.54, 1.807) is 0 Å². The van der Waals surface area contributed by atoms with Crippen molar-refractivity contribution in [1.82, 2.24) is 4.31 Å². The van der Waals surface area contributed by atoms with Crippen LogP contribution in [0.25, 0.3) is 12.2 Å². The third kappa shape index (κ3) is 3.56. The number of nitriles is 1. The summed E-state index contributed by atoms with van der Waals surface area (Å²) in [5, 5.41) is 19.0. The Labute approximate surface area is 153 Å². The van der Waals surface area contributed by atoms with Crippen LogP contribution in [-0.4, -0.2) is 42.8 Å². The highest BCUT2D eigenvalue weighted by atomic mass is 32.2. The molecule has 6 heteroatoms. The van der Waals surface area contributed by atoms with Crippen molar-refractivity contribution in [2.75, 3.05) is 12.9 Å². The molecular formula is C20H20N2O3S. The van der Waals surface area contributed by atoms with E-state index in [0.717, 1.165) is 27.3 Å². The summed E-state index contributed by atoms with van der Waals surface area (Å²) in [5.41, 5.74) is 2.96. The van der Waals surface area contributed by atoms with Gasteiger partial charge < -0.3 is 5.11 Å². The first-order valence-corrected chi connectivity index (χ1v) is 10.1. The van der Waals surface area contributed by atoms with Crippen LogP contribution < -0.4 is 0 Å². The first kappa shape index (κ1) is 18.3. The zero-order valence-electron chi connectivity index (χ0n) is 14.4. The highest BCUT2D eigenvalue weighted by Gasteiger charge is 2.53. The van der Waals surface area contributed by atoms with E-state index in [9.17, 15) is 18.8 Å². The lowest BCUT2D eigenvalue weighted by Gasteiger charge is -2.49. The van der Waals surface area contributed by atoms with Crippen LogP contribution in [0.3, 0.4) is 0 Å². The average molecular weight is 368 g/mol. The van der Waals surface area contributed by atoms with Gasteiger partial charge in [-0.3, -0.25) is 0 Å². The Kier molecular flexibility index (Phi) is 5.23. The number of nitrogens with zero attached hydrogens (tertiary/aromatic N) is 2. The minimum absolute atomic E-state index is 0.314. The van der Waals surface area contributed by atoms with Gasteiger partial charge in [0.2, 0.25) is 10.0 Å². The van der Waals surface area contributed by atoms with Crippen LogP contribution in [0.5, 0.6) is 0 Å². The number of hydrogen-bond acceptors (Lipinski definition) is 4. The minimum atomic E-state index is -3.54. The van der Waals surface area contributed by atoms with Crippen molar-refractivity contribution >= 4 is 22.2 Å². The second-order valence-corrected chi connectivity index (χ2v) is 8.24. The lowest BCUT2D eigenvalue weighted by atomic mass is 9.78. The fourth-order valence-corrected chi connectivity index (χ4v) is 4.69. The molecular weight excluding hydrogens is 348 g/mol. The second-order valence-electron chi connectivity index (χ2n) is 6.35. The third-order valence-electron chi connectivity index (χ3n) is 4.65. The van der Waals surface area contributed by atoms with Gasteiger partial charge in [-0.05, 0) is 16.7 Å². The number of aliphatic hydroxyl groups is 1. The molecule has 0 bridgehead atoms. The molecule has 1 saturated heterocycles. The zero-order chi connectivity index (χ0) is 18.7. The molecule has 1 N–H and O–H groups in total. The molecule has 0 radical (unpaired) electrons. The number of sulfonamides is 1. The van der Waals surface area contributed by atoms with Crippen LogP contribution >= 0.6 is 0 Å². The number of benzene rings is 2. The number of hydrogen-bond donors (Lipinski definition) is 1. The lowest BCUT2D eigenvalue weighted by Crippen LogP contribution is -2.64. The van der Waals surface area contributed by atoms with E-state index in [0.29, 0.717) is 0 Å². The van der Waals surface area contributed by atoms with Crippen LogP contribution in [0.2, 0.25) is 0 Å². The SMILES string of the molecule is CS(=O)(=O)N1[C@H](C#N)[C@@H](c2ccc(/C=C/c3ccccc3)cc2)[C@H]1CO. The summed E-state index contributed by atoms with van der Waals surface area (Å²) in [6.07, 6.45) is 5.07. The molecule has 3 atom stereocenters. The maximum absolute atomic E-state index is 11.9. The maximum Gasteiger partial charge on any atom is 0.212 e. The van der Waals surface area contributed by atoms with Crippen molar-refractivity contribution in [2.45, 2.75) is 18.0 Å². The predicted molar refractivity (Wildman–Crippen MR) is 102 cm³/mol. The quantitative estimate of drug-likeness (QED) is 0.822. The summed E-state index contributed by atoms with van der Waals surface area (Å²) >= 11 is 0. The van der Waals surface area contributed by atoms with Crippen LogP contribution in [-0.2, 0) is 10.0 Å². The van der Waals surface area contributed by atoms with Gasteiger partial charge in [-0.25, -0.2) is 8.42 Å². The van der Waals surface area contributed by atoms with Gasteiger partial charge in [0.05, 0.1) is 25.0 Å². The van der Waals surface area contributed by atoms with Gasteiger partial charge in [0.1, 0.15) is 6.04 Å². The fourth-order valence-electron chi connectivity index (χ4n) is 3.41. The van der Waals surface area contributed by atoms with Crippen molar-refractivity contribution in [3.63, 3.8) is 0 Å². The normalized spacial score (nSPS) is 23.5. The molecule has 5 nitrogen and oxygen atoms in total. The lowest BCUT2D eigenvalue weighted by molar-refractivity contribution is 0.0564. The smallest absolute Gasteiger partial charge is 0.212 e. The van der Waals surface area contributed by atoms with Gasteiger partial charge in [-0.2, -0.15) is 9.57 Å². The predicted octanol–water partition coefficient (Wildman–Crippen LogP) is 2.47. The van der Waals surface area contributed by atoms with Crippen molar-refractivity contribution in [2.24, 2.45) is 0 Å². The number of rotatable bonds is 5. The van der Waals surface area contributed by atoms with Crippen LogP contribution in [0.1, 0.15) is 22.6 Å². The molecule has 0 aliphatic carbocycles. The van der Waals surface area contributed by atoms with Crippen molar-refractivity contribution in [3.8, 4) is 6.07 Å². The standard InChI is InChI=1S/C20H20N2O3S/c1-26(24,25)22-18(13-21)20(19(22)14-23)17-11-9-16(10-12-17)8-7-15-5-3-2-4-6-15/h2-12,18-20,23H,14H2,1H3/b8-7+/t18-,19-,20-/m1/s1. The van der Waals surface area contributed by atoms with E-state index in [2.05, 4.69) is 6.07 Å². The van der Waals surface area contributed by atoms with E-state index < -0.39 is 22.1 Å². The van der Waals surface area contributed by atoms with Gasteiger partial charge in [0.25, 0.3) is 0 Å². The molecule has 3 rings (SSSR count). The Morgan fingerprint density at radius 2 is 1.65 bits per heavy atom. The summed E-state index contributed by atoms with van der Waals surface area (Å²) in [7, 11) is -3.54. The molecule has 0 aromatic heterocycles. The van der Waals surface area contributed by atoms with E-state index in [1.807, 2.05) is 66.7 Å². The summed E-state index contributed by atoms with van der Waals surface area (Å²) in [4.78, 5) is 0. The Morgan fingerprint density at radius 3 is 2.15 bits per heavy atom. The largest absolute Gasteiger partial charge is 0.395 e. The van der Waals surface area contributed by atoms with Crippen molar-refractivity contribution in [3.05, 3.63) is 71.3 Å². The molecule has 2 aromatic carbocycles. The van der Waals surface area contributed by atoms with Crippen LogP contribution in [0.15, 0.2) is 54.6 Å². The summed E-state index contributed by atoms with van der Waals surface area (Å²) in [6.45, 7) is -0.314. The van der Waals surface area contributed by atoms with Crippen LogP contribution in [0.4, 0.5) is 0 Å². The summed E-state index contributed by atoms with van der Waals surface area (Å²) in [5.74, 6) is -0.327. The highest BCUT2D eigenvalue weighted by Crippen LogP contribution is 2.42. The second kappa shape index (κ2) is 7.42. The Hall–Kier alpha value is -2.46. The zero-order valence-corrected chi connectivity index (χ0v) is 15.2. The third-order valence-corrected chi connectivity index (χ3v) is 5.91. The van der Waals surface area contributed by atoms with E-state index in [-0.39, 0.29) is 12.5 Å². The monoisotopic (exact) mass is 368 g/mol. The number of aliphatic hydroxyl groups excluding tert-OH is 1. The molecule has 134 valence electrons. The molecule has 1 aliphatic rings. The average Bonchev–Trinajstić information content (AvgIpc) is 2.60. The topological polar surface area (TPSA) is 81.4 Å². The minimum Gasteiger partial charge on any atom is -0.395 e. The first-order chi connectivity index (χ1) is 12.5. The van der Waals surface area contributed by atoms with Gasteiger partial charge in [0, 0.05) is 5.92 Å². The molecule has 0 amide bonds. The molecule has 1 fully saturated rings. The highest BCUT2D eigenvalue weighted by molar-refractivity contribution is 7.88. The molecule has 0 spiro atoms. The van der Waals surface area contributed by atoms with Gasteiger partial charge >= 0.3 is 0 Å².